The third-order valence-electron chi connectivity index (χ3n) is 6.86. The van der Waals surface area contributed by atoms with Crippen molar-refractivity contribution in [2.24, 2.45) is 0 Å². The zero-order chi connectivity index (χ0) is 29.4. The summed E-state index contributed by atoms with van der Waals surface area (Å²) in [5.74, 6) is -0.783. The highest BCUT2D eigenvalue weighted by molar-refractivity contribution is 7.92. The summed E-state index contributed by atoms with van der Waals surface area (Å²) in [6.07, 6.45) is 2.06. The lowest BCUT2D eigenvalue weighted by Crippen LogP contribution is -2.54. The van der Waals surface area contributed by atoms with E-state index in [9.17, 15) is 18.0 Å². The summed E-state index contributed by atoms with van der Waals surface area (Å²) in [7, 11) is -3.87. The summed E-state index contributed by atoms with van der Waals surface area (Å²) < 4.78 is 27.0. The minimum atomic E-state index is -3.87. The number of carbonyl (C=O) groups excluding carboxylic acids is 2. The standard InChI is InChI=1S/C31H38ClN3O4S/c1-6-24(4)33-31(37)29(18-25-10-8-7-9-11-25)34(20-26-15-12-22(2)13-16-26)30(36)21-35(40(5,38)39)28-19-27(32)17-14-23(28)3/h7-17,19,24,29H,6,18,20-21H2,1-5H3,(H,33,37)/t24-,29+/m0/s1. The van der Waals surface area contributed by atoms with Gasteiger partial charge in [0.15, 0.2) is 0 Å². The van der Waals surface area contributed by atoms with Crippen molar-refractivity contribution in [1.82, 2.24) is 10.2 Å². The maximum atomic E-state index is 14.1. The number of aryl methyl sites for hydroxylation is 2. The summed E-state index contributed by atoms with van der Waals surface area (Å²) in [5.41, 5.74) is 3.76. The zero-order valence-corrected chi connectivity index (χ0v) is 25.3. The van der Waals surface area contributed by atoms with E-state index in [1.807, 2.05) is 75.4 Å². The summed E-state index contributed by atoms with van der Waals surface area (Å²) in [6.45, 7) is 7.28. The molecule has 0 aliphatic rings. The SMILES string of the molecule is CC[C@H](C)NC(=O)[C@@H](Cc1ccccc1)N(Cc1ccc(C)cc1)C(=O)CN(c1cc(Cl)ccc1C)S(C)(=O)=O. The number of nitrogens with zero attached hydrogens (tertiary/aromatic N) is 2. The van der Waals surface area contributed by atoms with E-state index in [1.165, 1.54) is 11.0 Å². The monoisotopic (exact) mass is 583 g/mol. The number of hydrogen-bond donors (Lipinski definition) is 1. The molecule has 3 aromatic carbocycles. The Morgan fingerprint density at radius 2 is 1.60 bits per heavy atom. The first kappa shape index (κ1) is 31.2. The van der Waals surface area contributed by atoms with Crippen LogP contribution in [0, 0.1) is 13.8 Å². The van der Waals surface area contributed by atoms with E-state index in [2.05, 4.69) is 5.32 Å². The van der Waals surface area contributed by atoms with Crippen molar-refractivity contribution in [3.63, 3.8) is 0 Å². The molecule has 0 heterocycles. The molecular weight excluding hydrogens is 546 g/mol. The van der Waals surface area contributed by atoms with Crippen molar-refractivity contribution in [1.29, 1.82) is 0 Å². The fourth-order valence-corrected chi connectivity index (χ4v) is 5.40. The second-order valence-electron chi connectivity index (χ2n) is 10.2. The predicted molar refractivity (Wildman–Crippen MR) is 162 cm³/mol. The number of rotatable bonds is 12. The molecule has 214 valence electrons. The Morgan fingerprint density at radius 1 is 0.950 bits per heavy atom. The van der Waals surface area contributed by atoms with Crippen LogP contribution in [-0.2, 0) is 32.6 Å². The van der Waals surface area contributed by atoms with Crippen LogP contribution in [-0.4, -0.2) is 50.0 Å². The Bertz CT molecular complexity index is 1410. The van der Waals surface area contributed by atoms with Gasteiger partial charge in [0.1, 0.15) is 12.6 Å². The van der Waals surface area contributed by atoms with Gasteiger partial charge < -0.3 is 10.2 Å². The molecule has 3 aromatic rings. The van der Waals surface area contributed by atoms with Crippen molar-refractivity contribution < 1.29 is 18.0 Å². The molecule has 0 fully saturated rings. The van der Waals surface area contributed by atoms with E-state index in [4.69, 9.17) is 11.6 Å². The molecule has 0 aliphatic heterocycles. The van der Waals surface area contributed by atoms with E-state index in [0.717, 1.165) is 33.7 Å². The number of benzene rings is 3. The number of carbonyl (C=O) groups is 2. The van der Waals surface area contributed by atoms with Gasteiger partial charge in [-0.1, -0.05) is 84.8 Å². The number of hydrogen-bond acceptors (Lipinski definition) is 4. The smallest absolute Gasteiger partial charge is 0.244 e. The second kappa shape index (κ2) is 13.8. The molecule has 0 aliphatic carbocycles. The number of anilines is 1. The van der Waals surface area contributed by atoms with Crippen LogP contribution in [0.5, 0.6) is 0 Å². The third kappa shape index (κ3) is 8.57. The Labute approximate surface area is 243 Å². The highest BCUT2D eigenvalue weighted by atomic mass is 35.5. The maximum absolute atomic E-state index is 14.1. The highest BCUT2D eigenvalue weighted by Gasteiger charge is 2.33. The van der Waals surface area contributed by atoms with Gasteiger partial charge in [0.25, 0.3) is 0 Å². The van der Waals surface area contributed by atoms with E-state index in [-0.39, 0.29) is 24.9 Å². The number of nitrogens with one attached hydrogen (secondary N) is 1. The van der Waals surface area contributed by atoms with Gasteiger partial charge >= 0.3 is 0 Å². The molecule has 7 nitrogen and oxygen atoms in total. The number of sulfonamides is 1. The van der Waals surface area contributed by atoms with Gasteiger partial charge in [-0.05, 0) is 56.0 Å². The minimum absolute atomic E-state index is 0.0938. The summed E-state index contributed by atoms with van der Waals surface area (Å²) in [5, 5.41) is 3.38. The lowest BCUT2D eigenvalue weighted by Gasteiger charge is -2.34. The Kier molecular flexibility index (Phi) is 10.8. The highest BCUT2D eigenvalue weighted by Crippen LogP contribution is 2.27. The Hall–Kier alpha value is -3.36. The lowest BCUT2D eigenvalue weighted by molar-refractivity contribution is -0.140. The quantitative estimate of drug-likeness (QED) is 0.314. The minimum Gasteiger partial charge on any atom is -0.352 e. The summed E-state index contributed by atoms with van der Waals surface area (Å²) >= 11 is 6.20. The van der Waals surface area contributed by atoms with Crippen LogP contribution in [0.4, 0.5) is 5.69 Å². The average Bonchev–Trinajstić information content (AvgIpc) is 2.91. The normalized spacial score (nSPS) is 12.8. The Morgan fingerprint density at radius 3 is 2.20 bits per heavy atom. The van der Waals surface area contributed by atoms with Gasteiger partial charge in [-0.3, -0.25) is 13.9 Å². The van der Waals surface area contributed by atoms with Gasteiger partial charge in [-0.25, -0.2) is 8.42 Å². The molecule has 9 heteroatoms. The van der Waals surface area contributed by atoms with Crippen molar-refractivity contribution >= 4 is 39.1 Å². The molecule has 0 saturated heterocycles. The van der Waals surface area contributed by atoms with E-state index in [0.29, 0.717) is 16.3 Å². The summed E-state index contributed by atoms with van der Waals surface area (Å²) in [6, 6.07) is 21.2. The van der Waals surface area contributed by atoms with Crippen molar-refractivity contribution in [2.45, 2.75) is 59.2 Å². The van der Waals surface area contributed by atoms with Crippen LogP contribution in [0.25, 0.3) is 0 Å². The van der Waals surface area contributed by atoms with Gasteiger partial charge in [-0.15, -0.1) is 0 Å². The molecule has 0 aromatic heterocycles. The predicted octanol–water partition coefficient (Wildman–Crippen LogP) is 5.28. The molecule has 2 atom stereocenters. The van der Waals surface area contributed by atoms with Crippen LogP contribution in [0.1, 0.15) is 42.5 Å². The van der Waals surface area contributed by atoms with Gasteiger partial charge in [0, 0.05) is 24.0 Å². The fraction of sp³-hybridized carbons (Fsp3) is 0.355. The molecule has 0 saturated carbocycles. The first-order valence-corrected chi connectivity index (χ1v) is 15.5. The topological polar surface area (TPSA) is 86.8 Å². The molecule has 2 amide bonds. The van der Waals surface area contributed by atoms with Gasteiger partial charge in [0.05, 0.1) is 11.9 Å². The van der Waals surface area contributed by atoms with Gasteiger partial charge in [-0.2, -0.15) is 0 Å². The first-order valence-electron chi connectivity index (χ1n) is 13.3. The lowest BCUT2D eigenvalue weighted by atomic mass is 10.0. The van der Waals surface area contributed by atoms with Crippen LogP contribution >= 0.6 is 11.6 Å². The van der Waals surface area contributed by atoms with Crippen LogP contribution < -0.4 is 9.62 Å². The van der Waals surface area contributed by atoms with Crippen LogP contribution in [0.15, 0.2) is 72.8 Å². The number of halogens is 1. The molecular formula is C31H38ClN3O4S. The zero-order valence-electron chi connectivity index (χ0n) is 23.7. The molecule has 0 radical (unpaired) electrons. The molecule has 0 spiro atoms. The largest absolute Gasteiger partial charge is 0.352 e. The van der Waals surface area contributed by atoms with Crippen LogP contribution in [0.2, 0.25) is 5.02 Å². The van der Waals surface area contributed by atoms with E-state index < -0.39 is 28.5 Å². The van der Waals surface area contributed by atoms with Crippen molar-refractivity contribution in [3.05, 3.63) is 100 Å². The molecule has 0 unspecified atom stereocenters. The van der Waals surface area contributed by atoms with Gasteiger partial charge in [0.2, 0.25) is 21.8 Å². The second-order valence-corrected chi connectivity index (χ2v) is 12.6. The van der Waals surface area contributed by atoms with E-state index in [1.54, 1.807) is 19.1 Å². The average molecular weight is 584 g/mol. The third-order valence-corrected chi connectivity index (χ3v) is 8.23. The maximum Gasteiger partial charge on any atom is 0.244 e. The molecule has 3 rings (SSSR count). The van der Waals surface area contributed by atoms with Crippen molar-refractivity contribution in [3.8, 4) is 0 Å². The summed E-state index contributed by atoms with van der Waals surface area (Å²) in [4.78, 5) is 29.3. The molecule has 0 bridgehead atoms. The fourth-order valence-electron chi connectivity index (χ4n) is 4.33. The van der Waals surface area contributed by atoms with Crippen molar-refractivity contribution in [2.75, 3.05) is 17.1 Å². The van der Waals surface area contributed by atoms with Crippen LogP contribution in [0.3, 0.4) is 0 Å². The number of amides is 2. The molecule has 40 heavy (non-hydrogen) atoms. The first-order chi connectivity index (χ1) is 18.9. The molecule has 1 N–H and O–H groups in total. The van der Waals surface area contributed by atoms with E-state index >= 15 is 0 Å². The Balaban J connectivity index is 2.08.